The van der Waals surface area contributed by atoms with Crippen molar-refractivity contribution >= 4 is 65.2 Å². The highest BCUT2D eigenvalue weighted by Gasteiger charge is 2.46. The molecule has 1 atom stereocenters. The summed E-state index contributed by atoms with van der Waals surface area (Å²) < 4.78 is 4.80. The van der Waals surface area contributed by atoms with Crippen LogP contribution in [0.2, 0.25) is 0 Å². The van der Waals surface area contributed by atoms with E-state index in [1.165, 1.54) is 177 Å². The number of aromatic nitrogens is 4. The first kappa shape index (κ1) is 57.5. The van der Waals surface area contributed by atoms with Crippen molar-refractivity contribution < 1.29 is 0 Å². The van der Waals surface area contributed by atoms with Crippen LogP contribution in [-0.2, 0) is 10.8 Å². The monoisotopic (exact) mass is 1320 g/mol. The summed E-state index contributed by atoms with van der Waals surface area (Å²) in [5.74, 6) is 0.952. The molecule has 1 unspecified atom stereocenters. The van der Waals surface area contributed by atoms with E-state index in [1.54, 1.807) is 0 Å². The van der Waals surface area contributed by atoms with E-state index in [2.05, 4.69) is 363 Å². The summed E-state index contributed by atoms with van der Waals surface area (Å²) in [6.07, 6.45) is 4.23. The zero-order chi connectivity index (χ0) is 68.3. The van der Waals surface area contributed by atoms with Gasteiger partial charge in [-0.3, -0.25) is 9.55 Å². The van der Waals surface area contributed by atoms with Crippen molar-refractivity contribution in [2.45, 2.75) is 24.7 Å². The van der Waals surface area contributed by atoms with Crippen LogP contribution in [0.1, 0.15) is 47.2 Å². The highest BCUT2D eigenvalue weighted by atomic mass is 15.1. The molecule has 482 valence electrons. The number of para-hydroxylation sites is 2. The third-order valence-corrected chi connectivity index (χ3v) is 24.0. The van der Waals surface area contributed by atoms with Gasteiger partial charge in [0.05, 0.1) is 33.2 Å². The molecular formula is C100H62N4. The van der Waals surface area contributed by atoms with Crippen molar-refractivity contribution in [1.29, 1.82) is 0 Å². The van der Waals surface area contributed by atoms with Gasteiger partial charge in [-0.1, -0.05) is 269 Å². The molecule has 4 heterocycles. The van der Waals surface area contributed by atoms with E-state index in [0.717, 1.165) is 44.6 Å². The molecule has 4 nitrogen and oxygen atoms in total. The van der Waals surface area contributed by atoms with Gasteiger partial charge < -0.3 is 4.57 Å². The van der Waals surface area contributed by atoms with Gasteiger partial charge in [-0.15, -0.1) is 0 Å². The van der Waals surface area contributed by atoms with Crippen molar-refractivity contribution in [2.75, 3.05) is 0 Å². The fraction of sp³-hybridized carbons (Fsp3) is 0.0400. The minimum Gasteiger partial charge on any atom is -0.309 e. The highest BCUT2D eigenvalue weighted by molar-refractivity contribution is 6.21. The lowest BCUT2D eigenvalue weighted by Crippen LogP contribution is -2.28. The summed E-state index contributed by atoms with van der Waals surface area (Å²) in [7, 11) is 0. The van der Waals surface area contributed by atoms with Crippen LogP contribution in [0.15, 0.2) is 340 Å². The second-order valence-corrected chi connectivity index (χ2v) is 29.4. The SMILES string of the molecule is CC1(C)c2ccccc2-c2ccc(-c3ccc4c(c3)c3cc(-c5ncc6c7c(cccc57)-c5ccc(-c7ccc(C8(c9ccccc9)c9ccccc9-c9cc(-c%10ccc%11c(c%10)c%10ccccc%10n%11-c%10ncc%11c%12c(cccc%10%12)-c%10ccccc%10-%11)ccc98)cc7)cc5-6)ccc3n4-c3ccccc3)cc21. The Morgan fingerprint density at radius 1 is 0.240 bits per heavy atom. The molecular weight excluding hydrogens is 1260 g/mol. The third-order valence-electron chi connectivity index (χ3n) is 24.0. The lowest BCUT2D eigenvalue weighted by atomic mass is 9.67. The lowest BCUT2D eigenvalue weighted by molar-refractivity contribution is 0.660. The highest BCUT2D eigenvalue weighted by Crippen LogP contribution is 2.59. The summed E-state index contributed by atoms with van der Waals surface area (Å²) in [4.78, 5) is 10.8. The number of fused-ring (bicyclic) bond motifs is 18. The molecule has 19 aromatic rings. The lowest BCUT2D eigenvalue weighted by Gasteiger charge is -2.34. The van der Waals surface area contributed by atoms with Crippen molar-refractivity contribution in [3.05, 3.63) is 373 Å². The fourth-order valence-corrected chi connectivity index (χ4v) is 19.3. The molecule has 0 saturated carbocycles. The van der Waals surface area contributed by atoms with E-state index in [0.29, 0.717) is 0 Å². The molecule has 0 aliphatic heterocycles. The van der Waals surface area contributed by atoms with Gasteiger partial charge in [0.2, 0.25) is 0 Å². The smallest absolute Gasteiger partial charge is 0.145 e. The largest absolute Gasteiger partial charge is 0.309 e. The van der Waals surface area contributed by atoms with Crippen LogP contribution >= 0.6 is 0 Å². The Kier molecular flexibility index (Phi) is 11.7. The normalized spacial score (nSPS) is 14.6. The molecule has 4 aliphatic rings. The van der Waals surface area contributed by atoms with Crippen LogP contribution in [0, 0.1) is 0 Å². The Balaban J connectivity index is 0.599. The van der Waals surface area contributed by atoms with Gasteiger partial charge in [0.1, 0.15) is 5.82 Å². The molecule has 0 saturated heterocycles. The molecule has 104 heavy (non-hydrogen) atoms. The number of pyridine rings is 2. The van der Waals surface area contributed by atoms with Crippen LogP contribution in [-0.4, -0.2) is 19.1 Å². The minimum absolute atomic E-state index is 0.0890. The van der Waals surface area contributed by atoms with Crippen molar-refractivity contribution in [1.82, 2.24) is 19.1 Å². The summed E-state index contributed by atoms with van der Waals surface area (Å²) in [5, 5.41) is 9.66. The average molecular weight is 1320 g/mol. The quantitative estimate of drug-likeness (QED) is 0.152. The number of nitrogens with zero attached hydrogens (tertiary/aromatic N) is 4. The van der Waals surface area contributed by atoms with Crippen LogP contribution < -0.4 is 0 Å². The average Bonchev–Trinajstić information content (AvgIpc) is 1.53. The number of hydrogen-bond donors (Lipinski definition) is 0. The maximum absolute atomic E-state index is 5.46. The van der Waals surface area contributed by atoms with Crippen molar-refractivity contribution in [3.8, 4) is 123 Å². The standard InChI is InChI=1S/C100H62N4/c1-99(2)87-32-14-11-25-72(87)74-46-38-64(56-90(74)99)63-40-48-92-83(54-63)84-55-65(42-50-93(84)103(92)68-21-7-4-8-22-68)97-78-30-17-28-77-71-45-37-60(51-80(71)86(57-101-97)95(77)78)59-35-43-67(44-36-59)100(66-19-5-3-6-20-66)88-33-15-12-26-73(88)81-52-61(39-47-89(81)100)62-41-49-94-82(53-62)75-27-13-16-34-91(75)104(94)98-79-31-18-29-76-69-23-9-10-24-70(69)85(58-102-98)96(76)79/h3-58H,1-2H3. The number of benzene rings is 15. The topological polar surface area (TPSA) is 35.6 Å². The molecule has 4 heteroatoms. The van der Waals surface area contributed by atoms with Gasteiger partial charge in [-0.25, -0.2) is 4.98 Å². The van der Waals surface area contributed by atoms with Gasteiger partial charge in [-0.2, -0.15) is 0 Å². The van der Waals surface area contributed by atoms with Crippen LogP contribution in [0.25, 0.3) is 188 Å². The second-order valence-electron chi connectivity index (χ2n) is 29.4. The predicted octanol–water partition coefficient (Wildman–Crippen LogP) is 25.6. The number of hydrogen-bond acceptors (Lipinski definition) is 2. The van der Waals surface area contributed by atoms with Gasteiger partial charge in [0, 0.05) is 83.3 Å². The molecule has 4 aliphatic carbocycles. The van der Waals surface area contributed by atoms with Gasteiger partial charge in [0.15, 0.2) is 0 Å². The zero-order valence-electron chi connectivity index (χ0n) is 57.1. The van der Waals surface area contributed by atoms with Crippen molar-refractivity contribution in [2.24, 2.45) is 0 Å². The zero-order valence-corrected chi connectivity index (χ0v) is 57.1. The van der Waals surface area contributed by atoms with Crippen molar-refractivity contribution in [3.63, 3.8) is 0 Å². The van der Waals surface area contributed by atoms with Crippen LogP contribution in [0.3, 0.4) is 0 Å². The van der Waals surface area contributed by atoms with E-state index in [4.69, 9.17) is 9.97 Å². The third kappa shape index (κ3) is 7.75. The molecule has 15 aromatic carbocycles. The first-order chi connectivity index (χ1) is 51.3. The summed E-state index contributed by atoms with van der Waals surface area (Å²) in [6, 6.07) is 123. The Bertz CT molecular complexity index is 6960. The summed E-state index contributed by atoms with van der Waals surface area (Å²) in [5.41, 5.74) is 37.2. The summed E-state index contributed by atoms with van der Waals surface area (Å²) in [6.45, 7) is 4.73. The van der Waals surface area contributed by atoms with Crippen LogP contribution in [0.4, 0.5) is 0 Å². The second kappa shape index (κ2) is 21.2. The Hall–Kier alpha value is -13.3. The van der Waals surface area contributed by atoms with Gasteiger partial charge in [0.25, 0.3) is 0 Å². The molecule has 0 spiro atoms. The van der Waals surface area contributed by atoms with Gasteiger partial charge in [-0.05, 0) is 195 Å². The Morgan fingerprint density at radius 2 is 0.683 bits per heavy atom. The number of rotatable bonds is 8. The van der Waals surface area contributed by atoms with E-state index in [1.807, 2.05) is 0 Å². The van der Waals surface area contributed by atoms with E-state index >= 15 is 0 Å². The first-order valence-electron chi connectivity index (χ1n) is 36.3. The van der Waals surface area contributed by atoms with E-state index < -0.39 is 5.41 Å². The maximum atomic E-state index is 5.46. The molecule has 0 amide bonds. The predicted molar refractivity (Wildman–Crippen MR) is 431 cm³/mol. The molecule has 0 bridgehead atoms. The fourth-order valence-electron chi connectivity index (χ4n) is 19.3. The molecule has 0 radical (unpaired) electrons. The van der Waals surface area contributed by atoms with Gasteiger partial charge >= 0.3 is 0 Å². The maximum Gasteiger partial charge on any atom is 0.145 e. The van der Waals surface area contributed by atoms with Crippen LogP contribution in [0.5, 0.6) is 0 Å². The Morgan fingerprint density at radius 3 is 1.43 bits per heavy atom. The Labute approximate surface area is 601 Å². The minimum atomic E-state index is -0.575. The molecule has 23 rings (SSSR count). The molecule has 0 fully saturated rings. The molecule has 4 aromatic heterocycles. The first-order valence-corrected chi connectivity index (χ1v) is 36.3. The van der Waals surface area contributed by atoms with E-state index in [9.17, 15) is 0 Å². The van der Waals surface area contributed by atoms with E-state index in [-0.39, 0.29) is 5.41 Å². The summed E-state index contributed by atoms with van der Waals surface area (Å²) >= 11 is 0. The molecule has 0 N–H and O–H groups in total.